The molecular formula is C64H74N4O5P+. The molecule has 8 aromatic rings. The van der Waals surface area contributed by atoms with Crippen LogP contribution < -0.4 is 9.47 Å². The molecule has 0 aliphatic carbocycles. The molecule has 0 radical (unpaired) electrons. The van der Waals surface area contributed by atoms with Gasteiger partial charge in [-0.1, -0.05) is 211 Å². The maximum absolute atomic E-state index is 13.3. The van der Waals surface area contributed by atoms with Crippen molar-refractivity contribution in [2.75, 3.05) is 0 Å². The summed E-state index contributed by atoms with van der Waals surface area (Å²) in [5.74, 6) is 0. The molecule has 0 saturated carbocycles. The number of benzene rings is 6. The first-order valence-electron chi connectivity index (χ1n) is 27.2. The van der Waals surface area contributed by atoms with E-state index in [0.29, 0.717) is 12.0 Å². The van der Waals surface area contributed by atoms with Crippen LogP contribution in [0.25, 0.3) is 56.4 Å². The molecule has 0 N–H and O–H groups in total. The third-order valence-electron chi connectivity index (χ3n) is 13.9. The summed E-state index contributed by atoms with van der Waals surface area (Å²) in [7, 11) is -2.23. The van der Waals surface area contributed by atoms with Crippen molar-refractivity contribution < 1.29 is 23.1 Å². The highest BCUT2D eigenvalue weighted by Crippen LogP contribution is 2.41. The first kappa shape index (κ1) is 53.6. The lowest BCUT2D eigenvalue weighted by atomic mass is 10.0. The second-order valence-electron chi connectivity index (χ2n) is 19.1. The quantitative estimate of drug-likeness (QED) is 0.0327. The fraction of sp³-hybridized carbons (Fsp3) is 0.344. The Labute approximate surface area is 440 Å². The SMILES string of the molecule is CCC(CCCCCC(CC)O[P+](=O)OC(CC)CCCCCC(CC)Oc1nc(-c2ccccc2)c(-c2ccccc2)n1-c1ccccc1)Oc1nc(-c2ccccc2)c(-c2ccccc2)n1-c1ccccc1. The molecule has 8 rings (SSSR count). The monoisotopic (exact) mass is 1010 g/mol. The Bertz CT molecular complexity index is 2680. The van der Waals surface area contributed by atoms with Gasteiger partial charge in [0, 0.05) is 26.8 Å². The van der Waals surface area contributed by atoms with Gasteiger partial charge in [0.25, 0.3) is 0 Å². The van der Waals surface area contributed by atoms with Crippen LogP contribution in [0, 0.1) is 0 Å². The van der Waals surface area contributed by atoms with Crippen molar-refractivity contribution in [3.8, 4) is 68.4 Å². The van der Waals surface area contributed by atoms with Crippen molar-refractivity contribution >= 4 is 8.25 Å². The largest absolute Gasteiger partial charge is 0.697 e. The smallest absolute Gasteiger partial charge is 0.461 e. The fourth-order valence-corrected chi connectivity index (χ4v) is 10.7. The minimum atomic E-state index is -2.23. The van der Waals surface area contributed by atoms with Crippen LogP contribution in [0.15, 0.2) is 182 Å². The molecule has 0 amide bonds. The van der Waals surface area contributed by atoms with Crippen LogP contribution in [0.4, 0.5) is 0 Å². The van der Waals surface area contributed by atoms with E-state index in [0.717, 1.165) is 146 Å². The van der Waals surface area contributed by atoms with E-state index in [2.05, 4.69) is 182 Å². The van der Waals surface area contributed by atoms with Crippen LogP contribution in [0.3, 0.4) is 0 Å². The Morgan fingerprint density at radius 3 is 0.973 bits per heavy atom. The standard InChI is InChI=1S/C64H74N4O5P/c1-5-55(70-63-65-59(49-33-17-9-18-34-49)61(51-37-21-11-22-38-51)67(63)53-41-25-13-26-42-53)45-29-15-31-47-57(7-3)72-74(69)73-58(8-4)48-32-16-30-46-56(6-2)71-64-66-60(50-35-19-10-20-36-50)62(52-39-23-12-24-40-52)68(64)54-43-27-14-28-44-54/h9-14,17-28,33-44,55-58H,5-8,15-16,29-32,45-48H2,1-4H3/q+1. The van der Waals surface area contributed by atoms with Crippen molar-refractivity contribution in [2.24, 2.45) is 0 Å². The topological polar surface area (TPSA) is 89.6 Å². The number of hydrogen-bond donors (Lipinski definition) is 0. The molecule has 2 aromatic heterocycles. The third-order valence-corrected chi connectivity index (χ3v) is 14.8. The van der Waals surface area contributed by atoms with E-state index in [1.807, 2.05) is 36.4 Å². The molecule has 0 fully saturated rings. The highest BCUT2D eigenvalue weighted by Gasteiger charge is 2.31. The maximum Gasteiger partial charge on any atom is 0.697 e. The highest BCUT2D eigenvalue weighted by atomic mass is 31.1. The van der Waals surface area contributed by atoms with Crippen LogP contribution in [-0.4, -0.2) is 43.5 Å². The minimum Gasteiger partial charge on any atom is -0.461 e. The van der Waals surface area contributed by atoms with Crippen molar-refractivity contribution in [1.82, 2.24) is 19.1 Å². The Balaban J connectivity index is 0.796. The Hall–Kier alpha value is -6.64. The number of hydrogen-bond acceptors (Lipinski definition) is 7. The predicted octanol–water partition coefficient (Wildman–Crippen LogP) is 17.9. The normalized spacial score (nSPS) is 13.3. The zero-order valence-corrected chi connectivity index (χ0v) is 44.7. The van der Waals surface area contributed by atoms with Crippen molar-refractivity contribution in [3.05, 3.63) is 182 Å². The Morgan fingerprint density at radius 1 is 0.378 bits per heavy atom. The van der Waals surface area contributed by atoms with E-state index in [9.17, 15) is 4.57 Å². The summed E-state index contributed by atoms with van der Waals surface area (Å²) >= 11 is 0. The lowest BCUT2D eigenvalue weighted by molar-refractivity contribution is 0.113. The zero-order valence-electron chi connectivity index (χ0n) is 43.8. The number of nitrogens with zero attached hydrogens (tertiary/aromatic N) is 4. The molecule has 4 unspecified atom stereocenters. The summed E-state index contributed by atoms with van der Waals surface area (Å²) in [4.78, 5) is 10.4. The molecule has 384 valence electrons. The van der Waals surface area contributed by atoms with Gasteiger partial charge >= 0.3 is 20.3 Å². The molecule has 0 aliphatic rings. The summed E-state index contributed by atoms with van der Waals surface area (Å²) < 4.78 is 43.5. The molecular weight excluding hydrogens is 936 g/mol. The summed E-state index contributed by atoms with van der Waals surface area (Å²) in [6.45, 7) is 8.56. The van der Waals surface area contributed by atoms with Crippen LogP contribution in [-0.2, 0) is 13.6 Å². The van der Waals surface area contributed by atoms with Gasteiger partial charge in [0.15, 0.2) is 0 Å². The maximum atomic E-state index is 13.3. The number of imidazole rings is 2. The van der Waals surface area contributed by atoms with Gasteiger partial charge in [-0.15, -0.1) is 9.05 Å². The second kappa shape index (κ2) is 28.1. The summed E-state index contributed by atoms with van der Waals surface area (Å²) in [6, 6.07) is 63.6. The van der Waals surface area contributed by atoms with Gasteiger partial charge in [0.1, 0.15) is 35.8 Å². The van der Waals surface area contributed by atoms with Gasteiger partial charge in [-0.3, -0.25) is 9.13 Å². The van der Waals surface area contributed by atoms with Gasteiger partial charge in [-0.2, -0.15) is 9.97 Å². The molecule has 0 spiro atoms. The van der Waals surface area contributed by atoms with E-state index in [-0.39, 0.29) is 24.4 Å². The molecule has 0 aliphatic heterocycles. The minimum absolute atomic E-state index is 0.00157. The fourth-order valence-electron chi connectivity index (χ4n) is 9.67. The number of para-hydroxylation sites is 2. The van der Waals surface area contributed by atoms with Gasteiger partial charge in [-0.25, -0.2) is 0 Å². The van der Waals surface area contributed by atoms with Crippen molar-refractivity contribution in [1.29, 1.82) is 0 Å². The molecule has 4 atom stereocenters. The number of unbranched alkanes of at least 4 members (excludes halogenated alkanes) is 4. The van der Waals surface area contributed by atoms with Crippen molar-refractivity contribution in [3.63, 3.8) is 0 Å². The zero-order chi connectivity index (χ0) is 51.3. The Morgan fingerprint density at radius 2 is 0.662 bits per heavy atom. The first-order chi connectivity index (χ1) is 36.5. The van der Waals surface area contributed by atoms with Crippen molar-refractivity contribution in [2.45, 2.75) is 142 Å². The highest BCUT2D eigenvalue weighted by molar-refractivity contribution is 7.33. The molecule has 10 heteroatoms. The Kier molecular flexibility index (Phi) is 20.4. The van der Waals surface area contributed by atoms with Gasteiger partial charge in [0.05, 0.1) is 22.8 Å². The van der Waals surface area contributed by atoms with Crippen LogP contribution in [0.5, 0.6) is 12.0 Å². The second-order valence-corrected chi connectivity index (χ2v) is 19.9. The molecule has 0 bridgehead atoms. The summed E-state index contributed by atoms with van der Waals surface area (Å²) in [5, 5.41) is 0. The third kappa shape index (κ3) is 14.3. The summed E-state index contributed by atoms with van der Waals surface area (Å²) in [6.07, 6.45) is 12.6. The molecule has 9 nitrogen and oxygen atoms in total. The number of ether oxygens (including phenoxy) is 2. The van der Waals surface area contributed by atoms with Gasteiger partial charge in [-0.05, 0) is 88.5 Å². The van der Waals surface area contributed by atoms with Crippen LogP contribution in [0.1, 0.15) is 118 Å². The van der Waals surface area contributed by atoms with Gasteiger partial charge < -0.3 is 9.47 Å². The van der Waals surface area contributed by atoms with E-state index >= 15 is 0 Å². The summed E-state index contributed by atoms with van der Waals surface area (Å²) in [5.41, 5.74) is 10.1. The first-order valence-corrected chi connectivity index (χ1v) is 28.3. The van der Waals surface area contributed by atoms with E-state index in [1.165, 1.54) is 0 Å². The lowest BCUT2D eigenvalue weighted by Crippen LogP contribution is -2.18. The predicted molar refractivity (Wildman–Crippen MR) is 302 cm³/mol. The molecule has 74 heavy (non-hydrogen) atoms. The van der Waals surface area contributed by atoms with E-state index < -0.39 is 8.25 Å². The number of aromatic nitrogens is 4. The average Bonchev–Trinajstić information content (AvgIpc) is 4.04. The molecule has 0 saturated heterocycles. The van der Waals surface area contributed by atoms with Crippen LogP contribution >= 0.6 is 8.25 Å². The van der Waals surface area contributed by atoms with Crippen LogP contribution in [0.2, 0.25) is 0 Å². The molecule has 2 heterocycles. The average molecular weight is 1010 g/mol. The number of rotatable bonds is 30. The van der Waals surface area contributed by atoms with Gasteiger partial charge in [0.2, 0.25) is 0 Å². The molecule has 6 aromatic carbocycles. The van der Waals surface area contributed by atoms with E-state index in [4.69, 9.17) is 28.5 Å². The lowest BCUT2D eigenvalue weighted by Gasteiger charge is -2.19. The van der Waals surface area contributed by atoms with E-state index in [1.54, 1.807) is 0 Å².